The monoisotopic (exact) mass is 198 g/mol. The van der Waals surface area contributed by atoms with Crippen LogP contribution in [0.25, 0.3) is 6.20 Å². The van der Waals surface area contributed by atoms with Crippen LogP contribution >= 0.6 is 0 Å². The molecule has 0 amide bonds. The molecule has 1 aromatic heterocycles. The largest absolute Gasteiger partial charge is 0.321 e. The lowest BCUT2D eigenvalue weighted by atomic mass is 10.4. The lowest BCUT2D eigenvalue weighted by molar-refractivity contribution is 1.15. The van der Waals surface area contributed by atoms with Crippen LogP contribution in [0.15, 0.2) is 51.9 Å². The summed E-state index contributed by atoms with van der Waals surface area (Å²) in [5.74, 6) is 0. The van der Waals surface area contributed by atoms with Gasteiger partial charge >= 0.3 is 0 Å². The topological polar surface area (TPSA) is 42.0 Å². The molecule has 4 nitrogen and oxygen atoms in total. The van der Waals surface area contributed by atoms with Crippen molar-refractivity contribution in [2.24, 2.45) is 15.0 Å². The predicted molar refractivity (Wildman–Crippen MR) is 63.5 cm³/mol. The van der Waals surface area contributed by atoms with Crippen LogP contribution in [0.4, 0.5) is 0 Å². The van der Waals surface area contributed by atoms with E-state index in [2.05, 4.69) is 15.0 Å². The molecule has 0 bridgehead atoms. The molecular formula is C11H10N4. The van der Waals surface area contributed by atoms with Gasteiger partial charge in [0.2, 0.25) is 0 Å². The van der Waals surface area contributed by atoms with Gasteiger partial charge in [-0.3, -0.25) is 15.0 Å². The normalized spacial score (nSPS) is 16.8. The molecule has 15 heavy (non-hydrogen) atoms. The van der Waals surface area contributed by atoms with Gasteiger partial charge in [0.05, 0.1) is 11.9 Å². The van der Waals surface area contributed by atoms with Gasteiger partial charge in [0.1, 0.15) is 0 Å². The molecule has 0 N–H and O–H groups in total. The van der Waals surface area contributed by atoms with E-state index in [1.165, 1.54) is 0 Å². The predicted octanol–water partition coefficient (Wildman–Crippen LogP) is 1.96. The Balaban J connectivity index is 2.34. The molecule has 0 fully saturated rings. The molecule has 0 saturated carbocycles. The molecule has 2 rings (SSSR count). The summed E-state index contributed by atoms with van der Waals surface area (Å²) < 4.78 is 1.94. The van der Waals surface area contributed by atoms with Crippen molar-refractivity contribution in [1.29, 1.82) is 0 Å². The van der Waals surface area contributed by atoms with Crippen LogP contribution in [-0.4, -0.2) is 23.2 Å². The van der Waals surface area contributed by atoms with E-state index >= 15 is 0 Å². The van der Waals surface area contributed by atoms with Crippen molar-refractivity contribution >= 4 is 24.8 Å². The third kappa shape index (κ3) is 2.60. The van der Waals surface area contributed by atoms with Gasteiger partial charge < -0.3 is 4.57 Å². The molecule has 0 atom stereocenters. The number of aromatic nitrogens is 1. The average Bonchev–Trinajstić information content (AvgIpc) is 2.65. The molecular weight excluding hydrogens is 188 g/mol. The van der Waals surface area contributed by atoms with Crippen molar-refractivity contribution in [2.45, 2.75) is 0 Å². The Labute approximate surface area is 87.7 Å². The van der Waals surface area contributed by atoms with Crippen molar-refractivity contribution in [3.63, 3.8) is 0 Å². The molecule has 1 aliphatic heterocycles. The maximum absolute atomic E-state index is 4.10. The first kappa shape index (κ1) is 9.33. The van der Waals surface area contributed by atoms with Gasteiger partial charge in [-0.1, -0.05) is 0 Å². The SMILES string of the molecule is C1=CN=Cc2cccn2/C=C\N=CC=N1. The third-order valence-corrected chi connectivity index (χ3v) is 1.81. The van der Waals surface area contributed by atoms with Crippen LogP contribution in [0.3, 0.4) is 0 Å². The standard InChI is InChI=1S/C11H10N4/c1-2-11-10-14-6-5-12-3-4-13-7-9-15(11)8-1/h1-10H/b6-5?,9-7-,12-3?,13-4?,14-10?. The molecule has 1 aliphatic rings. The Kier molecular flexibility index (Phi) is 3.02. The molecule has 74 valence electrons. The Morgan fingerprint density at radius 1 is 0.933 bits per heavy atom. The van der Waals surface area contributed by atoms with E-state index in [1.54, 1.807) is 37.2 Å². The molecule has 0 spiro atoms. The average molecular weight is 198 g/mol. The molecule has 0 aromatic carbocycles. The fraction of sp³-hybridized carbons (Fsp3) is 0. The highest BCUT2D eigenvalue weighted by Gasteiger charge is 1.92. The highest BCUT2D eigenvalue weighted by Crippen LogP contribution is 2.00. The van der Waals surface area contributed by atoms with Crippen molar-refractivity contribution in [2.75, 3.05) is 0 Å². The van der Waals surface area contributed by atoms with Crippen LogP contribution < -0.4 is 0 Å². The zero-order chi connectivity index (χ0) is 10.3. The minimum absolute atomic E-state index is 0.996. The fourth-order valence-corrected chi connectivity index (χ4v) is 1.13. The van der Waals surface area contributed by atoms with Gasteiger partial charge in [0, 0.05) is 43.4 Å². The van der Waals surface area contributed by atoms with Crippen molar-refractivity contribution in [3.05, 3.63) is 42.6 Å². The summed E-state index contributed by atoms with van der Waals surface area (Å²) in [5.41, 5.74) is 0.996. The maximum atomic E-state index is 4.10. The second kappa shape index (κ2) is 4.85. The molecule has 0 unspecified atom stereocenters. The van der Waals surface area contributed by atoms with Gasteiger partial charge in [0.25, 0.3) is 0 Å². The van der Waals surface area contributed by atoms with Gasteiger partial charge in [-0.05, 0) is 12.1 Å². The fourth-order valence-electron chi connectivity index (χ4n) is 1.13. The molecule has 1 aromatic rings. The number of fused-ring (bicyclic) bond motifs is 1. The smallest absolute Gasteiger partial charge is 0.0634 e. The Morgan fingerprint density at radius 2 is 1.73 bits per heavy atom. The number of hydrogen-bond acceptors (Lipinski definition) is 3. The van der Waals surface area contributed by atoms with E-state index in [0.29, 0.717) is 0 Å². The van der Waals surface area contributed by atoms with Gasteiger partial charge in [-0.25, -0.2) is 0 Å². The molecule has 2 heterocycles. The summed E-state index contributed by atoms with van der Waals surface area (Å²) in [6, 6.07) is 3.93. The maximum Gasteiger partial charge on any atom is 0.0634 e. The summed E-state index contributed by atoms with van der Waals surface area (Å²) in [5, 5.41) is 0. The lowest BCUT2D eigenvalue weighted by Gasteiger charge is -1.95. The molecule has 0 aliphatic carbocycles. The van der Waals surface area contributed by atoms with E-state index < -0.39 is 0 Å². The van der Waals surface area contributed by atoms with Crippen molar-refractivity contribution in [3.8, 4) is 0 Å². The van der Waals surface area contributed by atoms with E-state index in [9.17, 15) is 0 Å². The first-order valence-electron chi connectivity index (χ1n) is 4.53. The lowest BCUT2D eigenvalue weighted by Crippen LogP contribution is -1.91. The first-order valence-corrected chi connectivity index (χ1v) is 4.53. The minimum atomic E-state index is 0.996. The van der Waals surface area contributed by atoms with Crippen LogP contribution in [0.2, 0.25) is 0 Å². The van der Waals surface area contributed by atoms with Crippen LogP contribution in [0.1, 0.15) is 5.69 Å². The van der Waals surface area contributed by atoms with E-state index in [0.717, 1.165) is 5.69 Å². The molecule has 0 saturated heterocycles. The highest BCUT2D eigenvalue weighted by molar-refractivity contribution is 6.16. The number of nitrogens with zero attached hydrogens (tertiary/aromatic N) is 4. The summed E-state index contributed by atoms with van der Waals surface area (Å²) >= 11 is 0. The van der Waals surface area contributed by atoms with Gasteiger partial charge in [0.15, 0.2) is 0 Å². The summed E-state index contributed by atoms with van der Waals surface area (Å²) in [6.07, 6.45) is 13.7. The summed E-state index contributed by atoms with van der Waals surface area (Å²) in [7, 11) is 0. The zero-order valence-corrected chi connectivity index (χ0v) is 8.06. The Morgan fingerprint density at radius 3 is 2.67 bits per heavy atom. The van der Waals surface area contributed by atoms with Crippen LogP contribution in [0, 0.1) is 0 Å². The Hall–Kier alpha value is -2.23. The summed E-state index contributed by atoms with van der Waals surface area (Å²) in [6.45, 7) is 0. The van der Waals surface area contributed by atoms with Crippen LogP contribution in [0.5, 0.6) is 0 Å². The second-order valence-electron chi connectivity index (χ2n) is 2.81. The molecule has 4 heteroatoms. The zero-order valence-electron chi connectivity index (χ0n) is 8.06. The van der Waals surface area contributed by atoms with Crippen LogP contribution in [-0.2, 0) is 0 Å². The Bertz CT molecular complexity index is 420. The van der Waals surface area contributed by atoms with Gasteiger partial charge in [-0.15, -0.1) is 0 Å². The minimum Gasteiger partial charge on any atom is -0.321 e. The van der Waals surface area contributed by atoms with E-state index in [-0.39, 0.29) is 0 Å². The highest BCUT2D eigenvalue weighted by atomic mass is 15.0. The second-order valence-corrected chi connectivity index (χ2v) is 2.81. The van der Waals surface area contributed by atoms with Crippen molar-refractivity contribution < 1.29 is 0 Å². The quantitative estimate of drug-likeness (QED) is 0.611. The third-order valence-electron chi connectivity index (χ3n) is 1.81. The first-order chi connectivity index (χ1) is 7.47. The number of hydrogen-bond donors (Lipinski definition) is 0. The van der Waals surface area contributed by atoms with E-state index in [4.69, 9.17) is 0 Å². The molecule has 0 radical (unpaired) electrons. The van der Waals surface area contributed by atoms with Gasteiger partial charge in [-0.2, -0.15) is 0 Å². The van der Waals surface area contributed by atoms with Crippen molar-refractivity contribution in [1.82, 2.24) is 4.57 Å². The summed E-state index contributed by atoms with van der Waals surface area (Å²) in [4.78, 5) is 12.1. The number of aliphatic imine (C=N–C) groups is 3. The number of rotatable bonds is 0. The van der Waals surface area contributed by atoms with E-state index in [1.807, 2.05) is 29.1 Å².